The molecule has 0 saturated carbocycles. The first-order chi connectivity index (χ1) is 15.5. The quantitative estimate of drug-likeness (QED) is 0.393. The lowest BCUT2D eigenvalue weighted by Crippen LogP contribution is -2.40. The fourth-order valence-corrected chi connectivity index (χ4v) is 4.18. The van der Waals surface area contributed by atoms with Crippen molar-refractivity contribution < 1.29 is 22.7 Å². The van der Waals surface area contributed by atoms with Crippen molar-refractivity contribution in [2.75, 3.05) is 25.1 Å². The van der Waals surface area contributed by atoms with Gasteiger partial charge in [-0.3, -0.25) is 4.79 Å². The van der Waals surface area contributed by atoms with Crippen LogP contribution in [0.2, 0.25) is 0 Å². The lowest BCUT2D eigenvalue weighted by atomic mass is 10.2. The fraction of sp³-hybridized carbons (Fsp3) is 0.136. The molecular formula is C22H22N4O5S. The van der Waals surface area contributed by atoms with Gasteiger partial charge in [0.2, 0.25) is 0 Å². The first kappa shape index (κ1) is 22.8. The second-order valence-electron chi connectivity index (χ2n) is 6.42. The second-order valence-corrected chi connectivity index (χ2v) is 8.28. The van der Waals surface area contributed by atoms with E-state index in [0.29, 0.717) is 17.1 Å². The fourth-order valence-electron chi connectivity index (χ4n) is 2.79. The Bertz CT molecular complexity index is 1190. The molecule has 3 rings (SSSR count). The van der Waals surface area contributed by atoms with Gasteiger partial charge in [-0.15, -0.1) is 0 Å². The monoisotopic (exact) mass is 454 g/mol. The average molecular weight is 455 g/mol. The summed E-state index contributed by atoms with van der Waals surface area (Å²) in [6.07, 6.45) is 2.87. The first-order valence-electron chi connectivity index (χ1n) is 9.48. The molecule has 0 unspecified atom stereocenters. The predicted molar refractivity (Wildman–Crippen MR) is 120 cm³/mol. The molecule has 3 aromatic rings. The van der Waals surface area contributed by atoms with Gasteiger partial charge >= 0.3 is 0 Å². The Labute approximate surface area is 186 Å². The third-order valence-corrected chi connectivity index (χ3v) is 6.10. The number of ether oxygens (including phenoxy) is 2. The molecule has 0 aliphatic rings. The normalized spacial score (nSPS) is 11.2. The zero-order valence-electron chi connectivity index (χ0n) is 17.5. The van der Waals surface area contributed by atoms with Crippen LogP contribution in [-0.4, -0.2) is 46.3 Å². The number of aromatic nitrogens is 1. The second kappa shape index (κ2) is 10.4. The molecule has 2 aromatic carbocycles. The van der Waals surface area contributed by atoms with E-state index in [9.17, 15) is 13.2 Å². The molecule has 32 heavy (non-hydrogen) atoms. The summed E-state index contributed by atoms with van der Waals surface area (Å²) in [5, 5.41) is 3.91. The number of methoxy groups -OCH3 is 2. The number of nitrogens with one attached hydrogen (secondary N) is 1. The van der Waals surface area contributed by atoms with Gasteiger partial charge in [0, 0.05) is 6.20 Å². The lowest BCUT2D eigenvalue weighted by Gasteiger charge is -2.22. The molecule has 0 bridgehead atoms. The maximum atomic E-state index is 13.1. The van der Waals surface area contributed by atoms with Gasteiger partial charge in [0.1, 0.15) is 12.4 Å². The summed E-state index contributed by atoms with van der Waals surface area (Å²) in [7, 11) is -0.971. The van der Waals surface area contributed by atoms with Gasteiger partial charge < -0.3 is 9.47 Å². The lowest BCUT2D eigenvalue weighted by molar-refractivity contribution is -0.119. The average Bonchev–Trinajstić information content (AvgIpc) is 2.83. The Morgan fingerprint density at radius 3 is 2.41 bits per heavy atom. The van der Waals surface area contributed by atoms with Crippen molar-refractivity contribution in [1.29, 1.82) is 0 Å². The van der Waals surface area contributed by atoms with E-state index < -0.39 is 22.5 Å². The van der Waals surface area contributed by atoms with Crippen LogP contribution in [0.5, 0.6) is 11.5 Å². The highest BCUT2D eigenvalue weighted by Gasteiger charge is 2.27. The number of hydrogen-bond donors (Lipinski definition) is 1. The van der Waals surface area contributed by atoms with E-state index >= 15 is 0 Å². The third-order valence-electron chi connectivity index (χ3n) is 4.33. The third kappa shape index (κ3) is 5.41. The van der Waals surface area contributed by atoms with E-state index in [1.54, 1.807) is 48.5 Å². The van der Waals surface area contributed by atoms with Crippen molar-refractivity contribution in [3.8, 4) is 11.5 Å². The van der Waals surface area contributed by atoms with Crippen LogP contribution >= 0.6 is 0 Å². The predicted octanol–water partition coefficient (Wildman–Crippen LogP) is 2.44. The number of rotatable bonds is 9. The standard InChI is InChI=1S/C22H22N4O5S/c1-30-19-12-11-17(14-20(19)31-2)15-24-25-22(27)16-26(21-10-6-7-13-23-21)32(28,29)18-8-4-3-5-9-18/h3-15H,16H2,1-2H3,(H,25,27)/b24-15-. The van der Waals surface area contributed by atoms with Gasteiger partial charge in [0.05, 0.1) is 25.3 Å². The highest BCUT2D eigenvalue weighted by atomic mass is 32.2. The summed E-state index contributed by atoms with van der Waals surface area (Å²) in [5.74, 6) is 0.561. The van der Waals surface area contributed by atoms with Gasteiger partial charge in [-0.25, -0.2) is 23.1 Å². The number of pyridine rings is 1. The molecule has 1 N–H and O–H groups in total. The SMILES string of the molecule is COc1ccc(/C=N\NC(=O)CN(c2ccccn2)S(=O)(=O)c2ccccc2)cc1OC. The molecule has 0 saturated heterocycles. The summed E-state index contributed by atoms with van der Waals surface area (Å²) in [4.78, 5) is 16.7. The number of carbonyl (C=O) groups excluding carboxylic acids is 1. The Morgan fingerprint density at radius 2 is 1.75 bits per heavy atom. The number of nitrogens with zero attached hydrogens (tertiary/aromatic N) is 3. The van der Waals surface area contributed by atoms with Crippen molar-refractivity contribution in [3.05, 3.63) is 78.5 Å². The van der Waals surface area contributed by atoms with Crippen molar-refractivity contribution in [1.82, 2.24) is 10.4 Å². The molecule has 0 aliphatic heterocycles. The minimum Gasteiger partial charge on any atom is -0.493 e. The van der Waals surface area contributed by atoms with E-state index in [4.69, 9.17) is 9.47 Å². The molecule has 1 heterocycles. The van der Waals surface area contributed by atoms with Crippen molar-refractivity contribution >= 4 is 28.0 Å². The Kier molecular flexibility index (Phi) is 7.40. The molecule has 0 atom stereocenters. The van der Waals surface area contributed by atoms with Gasteiger partial charge in [0.15, 0.2) is 11.5 Å². The van der Waals surface area contributed by atoms with Crippen LogP contribution in [0.3, 0.4) is 0 Å². The topological polar surface area (TPSA) is 110 Å². The highest BCUT2D eigenvalue weighted by molar-refractivity contribution is 7.92. The van der Waals surface area contributed by atoms with Crippen LogP contribution in [0.1, 0.15) is 5.56 Å². The summed E-state index contributed by atoms with van der Waals surface area (Å²) in [6, 6.07) is 17.8. The zero-order valence-corrected chi connectivity index (χ0v) is 18.3. The zero-order chi connectivity index (χ0) is 23.0. The van der Waals surface area contributed by atoms with E-state index in [-0.39, 0.29) is 10.7 Å². The smallest absolute Gasteiger partial charge is 0.265 e. The molecule has 9 nitrogen and oxygen atoms in total. The molecule has 10 heteroatoms. The molecule has 166 valence electrons. The molecule has 1 amide bonds. The number of amides is 1. The number of anilines is 1. The van der Waals surface area contributed by atoms with E-state index in [1.165, 1.54) is 44.8 Å². The Hall–Kier alpha value is -3.92. The van der Waals surface area contributed by atoms with E-state index in [0.717, 1.165) is 4.31 Å². The maximum absolute atomic E-state index is 13.1. The summed E-state index contributed by atoms with van der Waals surface area (Å²) in [6.45, 7) is -0.502. The van der Waals surface area contributed by atoms with Crippen molar-refractivity contribution in [2.45, 2.75) is 4.90 Å². The number of carbonyl (C=O) groups is 1. The minimum atomic E-state index is -4.02. The Balaban J connectivity index is 1.77. The Morgan fingerprint density at radius 1 is 1.03 bits per heavy atom. The van der Waals surface area contributed by atoms with Crippen LogP contribution < -0.4 is 19.2 Å². The van der Waals surface area contributed by atoms with Crippen molar-refractivity contribution in [3.63, 3.8) is 0 Å². The maximum Gasteiger partial charge on any atom is 0.265 e. The van der Waals surface area contributed by atoms with Crippen LogP contribution in [-0.2, 0) is 14.8 Å². The van der Waals surface area contributed by atoms with E-state index in [1.807, 2.05) is 0 Å². The van der Waals surface area contributed by atoms with E-state index in [2.05, 4.69) is 15.5 Å². The largest absolute Gasteiger partial charge is 0.493 e. The first-order valence-corrected chi connectivity index (χ1v) is 10.9. The van der Waals surface area contributed by atoms with Crippen LogP contribution in [0.4, 0.5) is 5.82 Å². The number of hydrogen-bond acceptors (Lipinski definition) is 7. The molecule has 0 fully saturated rings. The number of sulfonamides is 1. The van der Waals surface area contributed by atoms with Crippen LogP contribution in [0.15, 0.2) is 82.9 Å². The van der Waals surface area contributed by atoms with Crippen LogP contribution in [0, 0.1) is 0 Å². The van der Waals surface area contributed by atoms with Crippen LogP contribution in [0.25, 0.3) is 0 Å². The molecular weight excluding hydrogens is 432 g/mol. The number of benzene rings is 2. The summed E-state index contributed by atoms with van der Waals surface area (Å²) < 4.78 is 37.6. The summed E-state index contributed by atoms with van der Waals surface area (Å²) >= 11 is 0. The van der Waals surface area contributed by atoms with Gasteiger partial charge in [-0.2, -0.15) is 5.10 Å². The highest BCUT2D eigenvalue weighted by Crippen LogP contribution is 2.27. The molecule has 0 spiro atoms. The van der Waals surface area contributed by atoms with Gasteiger partial charge in [0.25, 0.3) is 15.9 Å². The number of hydrazone groups is 1. The minimum absolute atomic E-state index is 0.0484. The van der Waals surface area contributed by atoms with Crippen molar-refractivity contribution in [2.24, 2.45) is 5.10 Å². The summed E-state index contributed by atoms with van der Waals surface area (Å²) in [5.41, 5.74) is 3.00. The molecule has 0 radical (unpaired) electrons. The van der Waals surface area contributed by atoms with Gasteiger partial charge in [-0.1, -0.05) is 24.3 Å². The molecule has 0 aliphatic carbocycles. The molecule has 1 aromatic heterocycles. The van der Waals surface area contributed by atoms with Gasteiger partial charge in [-0.05, 0) is 48.0 Å².